The van der Waals surface area contributed by atoms with Crippen LogP contribution in [0.2, 0.25) is 0 Å². The van der Waals surface area contributed by atoms with Crippen LogP contribution in [0, 0.1) is 29.0 Å². The summed E-state index contributed by atoms with van der Waals surface area (Å²) in [6.45, 7) is 21.1. The number of carbonyl (C=O) groups is 1. The number of methoxy groups -OCH3 is 1. The molecule has 1 saturated carbocycles. The van der Waals surface area contributed by atoms with Gasteiger partial charge in [0.2, 0.25) is 0 Å². The van der Waals surface area contributed by atoms with E-state index < -0.39 is 0 Å². The van der Waals surface area contributed by atoms with Crippen molar-refractivity contribution >= 4 is 17.6 Å². The SMILES string of the molecule is CC.COc1ccc(CCNC(=O)c2ccc(NC(=N[C@H]3C[C@@H](C)C(C)(C)[C@@H](C)[C@@H]3C)N3CCN[C@@H](C)C3)cc2)c(F)c1. The quantitative estimate of drug-likeness (QED) is 0.248. The van der Waals surface area contributed by atoms with Crippen LogP contribution in [0.3, 0.4) is 0 Å². The minimum Gasteiger partial charge on any atom is -0.497 e. The van der Waals surface area contributed by atoms with E-state index in [9.17, 15) is 9.18 Å². The highest BCUT2D eigenvalue weighted by Crippen LogP contribution is 2.48. The maximum absolute atomic E-state index is 14.2. The molecule has 0 radical (unpaired) electrons. The van der Waals surface area contributed by atoms with Crippen LogP contribution in [0.25, 0.3) is 0 Å². The predicted molar refractivity (Wildman–Crippen MR) is 177 cm³/mol. The first-order chi connectivity index (χ1) is 20.5. The molecule has 0 unspecified atom stereocenters. The monoisotopic (exact) mass is 595 g/mol. The highest BCUT2D eigenvalue weighted by Gasteiger charge is 2.44. The largest absolute Gasteiger partial charge is 0.497 e. The number of guanidine groups is 1. The van der Waals surface area contributed by atoms with Crippen LogP contribution in [-0.2, 0) is 6.42 Å². The number of aliphatic imine (C=N–C) groups is 1. The second-order valence-corrected chi connectivity index (χ2v) is 12.6. The molecule has 2 aromatic carbocycles. The third kappa shape index (κ3) is 8.71. The summed E-state index contributed by atoms with van der Waals surface area (Å²) in [6, 6.07) is 12.9. The van der Waals surface area contributed by atoms with Crippen molar-refractivity contribution in [2.75, 3.05) is 38.6 Å². The van der Waals surface area contributed by atoms with Crippen LogP contribution in [0.4, 0.5) is 10.1 Å². The molecule has 5 atom stereocenters. The van der Waals surface area contributed by atoms with Crippen molar-refractivity contribution in [2.45, 2.75) is 80.3 Å². The zero-order valence-electron chi connectivity index (χ0n) is 27.8. The van der Waals surface area contributed by atoms with Gasteiger partial charge in [0, 0.05) is 49.5 Å². The number of rotatable bonds is 7. The zero-order chi connectivity index (χ0) is 31.7. The molecule has 1 aliphatic heterocycles. The molecule has 7 nitrogen and oxygen atoms in total. The van der Waals surface area contributed by atoms with Crippen molar-refractivity contribution in [1.82, 2.24) is 15.5 Å². The standard InChI is InChI=1S/C33H48FN5O2.C2H6/c1-21-18-30(23(3)24(4)33(21,5)6)38-32(39-17-16-35-22(2)20-39)37-27-11-8-26(9-12-27)31(40)36-15-14-25-10-13-28(41-7)19-29(25)34;1-2/h8-13,19,21-24,30,35H,14-18,20H2,1-7H3,(H,36,40)(H,37,38);1-2H3/t21-,22+,23+,24+,30+;/m1./s1. The first-order valence-corrected chi connectivity index (χ1v) is 16.0. The molecule has 1 aliphatic carbocycles. The Labute approximate surface area is 259 Å². The summed E-state index contributed by atoms with van der Waals surface area (Å²) in [7, 11) is 1.51. The molecule has 238 valence electrons. The number of ether oxygens (including phenoxy) is 1. The van der Waals surface area contributed by atoms with Crippen molar-refractivity contribution in [3.05, 3.63) is 59.4 Å². The molecule has 0 spiro atoms. The Morgan fingerprint density at radius 2 is 1.81 bits per heavy atom. The predicted octanol–water partition coefficient (Wildman–Crippen LogP) is 6.60. The summed E-state index contributed by atoms with van der Waals surface area (Å²) in [5, 5.41) is 10.0. The lowest BCUT2D eigenvalue weighted by molar-refractivity contribution is 0.0266. The van der Waals surface area contributed by atoms with Crippen molar-refractivity contribution in [3.63, 3.8) is 0 Å². The van der Waals surface area contributed by atoms with E-state index in [0.717, 1.165) is 37.7 Å². The number of hydrogen-bond acceptors (Lipinski definition) is 4. The molecule has 1 heterocycles. The van der Waals surface area contributed by atoms with Gasteiger partial charge in [-0.2, -0.15) is 0 Å². The van der Waals surface area contributed by atoms with Gasteiger partial charge >= 0.3 is 0 Å². The molecule has 1 amide bonds. The molecular weight excluding hydrogens is 541 g/mol. The number of amides is 1. The van der Waals surface area contributed by atoms with Crippen molar-refractivity contribution < 1.29 is 13.9 Å². The van der Waals surface area contributed by atoms with E-state index in [0.29, 0.717) is 59.1 Å². The minimum atomic E-state index is -0.333. The Morgan fingerprint density at radius 3 is 2.44 bits per heavy atom. The van der Waals surface area contributed by atoms with E-state index in [1.54, 1.807) is 12.1 Å². The first kappa shape index (κ1) is 34.4. The number of nitrogens with zero attached hydrogens (tertiary/aromatic N) is 2. The van der Waals surface area contributed by atoms with Crippen LogP contribution >= 0.6 is 0 Å². The number of piperazine rings is 1. The average Bonchev–Trinajstić information content (AvgIpc) is 3.00. The molecule has 2 aliphatic rings. The number of halogens is 1. The average molecular weight is 596 g/mol. The van der Waals surface area contributed by atoms with Gasteiger partial charge in [0.05, 0.1) is 13.2 Å². The normalized spacial score (nSPS) is 25.3. The molecule has 1 saturated heterocycles. The zero-order valence-corrected chi connectivity index (χ0v) is 27.8. The van der Waals surface area contributed by atoms with E-state index in [2.05, 4.69) is 62.4 Å². The van der Waals surface area contributed by atoms with Gasteiger partial charge in [-0.25, -0.2) is 9.38 Å². The molecule has 2 aromatic rings. The fraction of sp³-hybridized carbons (Fsp3) is 0.600. The molecule has 43 heavy (non-hydrogen) atoms. The Kier molecular flexibility index (Phi) is 12.4. The third-order valence-corrected chi connectivity index (χ3v) is 9.73. The molecule has 3 N–H and O–H groups in total. The Morgan fingerprint density at radius 1 is 1.12 bits per heavy atom. The first-order valence-electron chi connectivity index (χ1n) is 16.0. The van der Waals surface area contributed by atoms with Crippen LogP contribution < -0.4 is 20.7 Å². The van der Waals surface area contributed by atoms with E-state index in [-0.39, 0.29) is 17.8 Å². The minimum absolute atomic E-state index is 0.183. The van der Waals surface area contributed by atoms with Gasteiger partial charge in [-0.05, 0) is 78.8 Å². The van der Waals surface area contributed by atoms with Crippen LogP contribution in [0.15, 0.2) is 47.5 Å². The van der Waals surface area contributed by atoms with Gasteiger partial charge in [-0.1, -0.05) is 54.5 Å². The van der Waals surface area contributed by atoms with E-state index >= 15 is 0 Å². The molecule has 0 bridgehead atoms. The molecule has 8 heteroatoms. The summed E-state index contributed by atoms with van der Waals surface area (Å²) >= 11 is 0. The summed E-state index contributed by atoms with van der Waals surface area (Å²) in [6.07, 6.45) is 1.48. The van der Waals surface area contributed by atoms with Crippen LogP contribution in [-0.4, -0.2) is 62.1 Å². The van der Waals surface area contributed by atoms with Crippen molar-refractivity contribution in [3.8, 4) is 5.75 Å². The van der Waals surface area contributed by atoms with Gasteiger partial charge in [0.25, 0.3) is 5.91 Å². The maximum Gasteiger partial charge on any atom is 0.251 e. The summed E-state index contributed by atoms with van der Waals surface area (Å²) in [5.41, 5.74) is 2.30. The van der Waals surface area contributed by atoms with Crippen LogP contribution in [0.1, 0.15) is 77.7 Å². The molecule has 2 fully saturated rings. The van der Waals surface area contributed by atoms with E-state index in [1.165, 1.54) is 13.2 Å². The number of nitrogens with one attached hydrogen (secondary N) is 3. The number of hydrogen-bond donors (Lipinski definition) is 3. The maximum atomic E-state index is 14.2. The Hall–Kier alpha value is -3.13. The number of benzene rings is 2. The molecular formula is C35H54FN5O2. The lowest BCUT2D eigenvalue weighted by Crippen LogP contribution is -2.54. The Balaban J connectivity index is 0.00000248. The highest BCUT2D eigenvalue weighted by molar-refractivity contribution is 5.96. The second-order valence-electron chi connectivity index (χ2n) is 12.6. The summed E-state index contributed by atoms with van der Waals surface area (Å²) < 4.78 is 19.3. The summed E-state index contributed by atoms with van der Waals surface area (Å²) in [5.74, 6) is 2.51. The summed E-state index contributed by atoms with van der Waals surface area (Å²) in [4.78, 5) is 20.5. The fourth-order valence-electron chi connectivity index (χ4n) is 6.09. The van der Waals surface area contributed by atoms with E-state index in [1.807, 2.05) is 38.1 Å². The number of carbonyl (C=O) groups excluding carboxylic acids is 1. The van der Waals surface area contributed by atoms with Crippen molar-refractivity contribution in [2.24, 2.45) is 28.2 Å². The lowest BCUT2D eigenvalue weighted by Gasteiger charge is -2.49. The Bertz CT molecular complexity index is 1220. The third-order valence-electron chi connectivity index (χ3n) is 9.73. The lowest BCUT2D eigenvalue weighted by atomic mass is 9.58. The van der Waals surface area contributed by atoms with Crippen molar-refractivity contribution in [1.29, 1.82) is 0 Å². The van der Waals surface area contributed by atoms with Gasteiger partial charge in [0.1, 0.15) is 11.6 Å². The van der Waals surface area contributed by atoms with Crippen LogP contribution in [0.5, 0.6) is 5.75 Å². The smallest absolute Gasteiger partial charge is 0.251 e. The van der Waals surface area contributed by atoms with Gasteiger partial charge in [-0.15, -0.1) is 0 Å². The topological polar surface area (TPSA) is 78.0 Å². The molecule has 0 aromatic heterocycles. The van der Waals surface area contributed by atoms with E-state index in [4.69, 9.17) is 9.73 Å². The highest BCUT2D eigenvalue weighted by atomic mass is 19.1. The fourth-order valence-corrected chi connectivity index (χ4v) is 6.09. The van der Waals surface area contributed by atoms with Gasteiger partial charge in [0.15, 0.2) is 5.96 Å². The van der Waals surface area contributed by atoms with Gasteiger partial charge in [-0.3, -0.25) is 4.79 Å². The number of anilines is 1. The molecule has 4 rings (SSSR count). The van der Waals surface area contributed by atoms with Gasteiger partial charge < -0.3 is 25.6 Å². The second kappa shape index (κ2) is 15.6.